The van der Waals surface area contributed by atoms with Gasteiger partial charge in [-0.3, -0.25) is 0 Å². The number of rotatable bonds is 7. The lowest BCUT2D eigenvalue weighted by atomic mass is 10.0. The highest BCUT2D eigenvalue weighted by Gasteiger charge is 2.17. The first-order chi connectivity index (χ1) is 10.2. The highest BCUT2D eigenvalue weighted by molar-refractivity contribution is 5.29. The van der Waals surface area contributed by atoms with Crippen LogP contribution in [0.3, 0.4) is 0 Å². The molecule has 2 N–H and O–H groups in total. The summed E-state index contributed by atoms with van der Waals surface area (Å²) in [5.41, 5.74) is 2.21. The fraction of sp³-hybridized carbons (Fsp3) is 0.333. The van der Waals surface area contributed by atoms with Crippen molar-refractivity contribution in [2.75, 3.05) is 27.2 Å². The van der Waals surface area contributed by atoms with Crippen molar-refractivity contribution in [2.45, 2.75) is 12.2 Å². The largest absolute Gasteiger partial charge is 0.385 e. The zero-order chi connectivity index (χ0) is 15.1. The average Bonchev–Trinajstić information content (AvgIpc) is 2.49. The van der Waals surface area contributed by atoms with Crippen molar-refractivity contribution in [3.63, 3.8) is 0 Å². The summed E-state index contributed by atoms with van der Waals surface area (Å²) >= 11 is 0. The molecule has 0 bridgehead atoms. The van der Waals surface area contributed by atoms with Crippen LogP contribution in [0.15, 0.2) is 60.7 Å². The second-order valence-corrected chi connectivity index (χ2v) is 5.60. The summed E-state index contributed by atoms with van der Waals surface area (Å²) < 4.78 is 6.01. The van der Waals surface area contributed by atoms with Crippen LogP contribution in [0.25, 0.3) is 0 Å². The number of aliphatic hydroxyl groups is 1. The molecule has 0 aliphatic heterocycles. The van der Waals surface area contributed by atoms with Gasteiger partial charge in [0.25, 0.3) is 0 Å². The summed E-state index contributed by atoms with van der Waals surface area (Å²) in [6, 6.07) is 20.3. The van der Waals surface area contributed by atoms with Crippen molar-refractivity contribution in [3.05, 3.63) is 71.8 Å². The van der Waals surface area contributed by atoms with Gasteiger partial charge in [0, 0.05) is 0 Å². The molecule has 3 nitrogen and oxygen atoms in total. The molecule has 0 radical (unpaired) electrons. The molecule has 0 aliphatic rings. The van der Waals surface area contributed by atoms with Crippen LogP contribution in [0, 0.1) is 0 Å². The maximum absolute atomic E-state index is 10.0. The minimum absolute atomic E-state index is 0.140. The van der Waals surface area contributed by atoms with Crippen molar-refractivity contribution >= 4 is 0 Å². The van der Waals surface area contributed by atoms with E-state index in [0.29, 0.717) is 13.2 Å². The van der Waals surface area contributed by atoms with Gasteiger partial charge < -0.3 is 14.7 Å². The van der Waals surface area contributed by atoms with Crippen LogP contribution in [0.2, 0.25) is 0 Å². The molecule has 0 unspecified atom stereocenters. The molecule has 112 valence electrons. The lowest BCUT2D eigenvalue weighted by Crippen LogP contribution is -3.07. The third-order valence-corrected chi connectivity index (χ3v) is 3.30. The SMILES string of the molecule is C[NH+](C)C[C@H](O)COC(c1ccccc1)c1ccccc1. The Bertz CT molecular complexity index is 474. The second kappa shape index (κ2) is 7.93. The highest BCUT2D eigenvalue weighted by Crippen LogP contribution is 2.25. The van der Waals surface area contributed by atoms with E-state index in [1.807, 2.05) is 50.5 Å². The van der Waals surface area contributed by atoms with Gasteiger partial charge in [-0.05, 0) is 11.1 Å². The molecule has 21 heavy (non-hydrogen) atoms. The Morgan fingerprint density at radius 1 is 0.905 bits per heavy atom. The molecule has 0 heterocycles. The number of quaternary nitrogens is 1. The van der Waals surface area contributed by atoms with Crippen LogP contribution in [-0.4, -0.2) is 38.5 Å². The number of ether oxygens (including phenoxy) is 1. The van der Waals surface area contributed by atoms with E-state index in [4.69, 9.17) is 4.74 Å². The fourth-order valence-electron chi connectivity index (χ4n) is 2.38. The van der Waals surface area contributed by atoms with Crippen molar-refractivity contribution < 1.29 is 14.7 Å². The molecule has 2 rings (SSSR count). The molecule has 2 aromatic carbocycles. The first-order valence-corrected chi connectivity index (χ1v) is 7.35. The number of hydrogen-bond acceptors (Lipinski definition) is 2. The summed E-state index contributed by atoms with van der Waals surface area (Å²) in [7, 11) is 4.05. The summed E-state index contributed by atoms with van der Waals surface area (Å²) in [6.45, 7) is 1.01. The Labute approximate surface area is 126 Å². The van der Waals surface area contributed by atoms with Crippen LogP contribution in [0.1, 0.15) is 17.2 Å². The van der Waals surface area contributed by atoms with Crippen molar-refractivity contribution in [3.8, 4) is 0 Å². The average molecular weight is 286 g/mol. The second-order valence-electron chi connectivity index (χ2n) is 5.60. The fourth-order valence-corrected chi connectivity index (χ4v) is 2.38. The predicted molar refractivity (Wildman–Crippen MR) is 84.4 cm³/mol. The third-order valence-electron chi connectivity index (χ3n) is 3.30. The molecule has 0 spiro atoms. The molecule has 2 aromatic rings. The standard InChI is InChI=1S/C18H23NO2/c1-19(2)13-17(20)14-21-18(15-9-5-3-6-10-15)16-11-7-4-8-12-16/h3-12,17-18,20H,13-14H2,1-2H3/p+1/t17-/m0/s1. The van der Waals surface area contributed by atoms with E-state index >= 15 is 0 Å². The van der Waals surface area contributed by atoms with E-state index in [2.05, 4.69) is 24.3 Å². The summed E-state index contributed by atoms with van der Waals surface area (Å²) in [5, 5.41) is 10.0. The molecule has 0 aromatic heterocycles. The minimum atomic E-state index is -0.454. The van der Waals surface area contributed by atoms with Crippen LogP contribution in [0.5, 0.6) is 0 Å². The Morgan fingerprint density at radius 3 is 1.81 bits per heavy atom. The third kappa shape index (κ3) is 4.97. The van der Waals surface area contributed by atoms with E-state index in [1.54, 1.807) is 0 Å². The molecular formula is C18H24NO2+. The molecule has 0 saturated heterocycles. The van der Waals surface area contributed by atoms with Crippen LogP contribution >= 0.6 is 0 Å². The Morgan fingerprint density at radius 2 is 1.38 bits per heavy atom. The maximum Gasteiger partial charge on any atom is 0.126 e. The maximum atomic E-state index is 10.0. The topological polar surface area (TPSA) is 33.9 Å². The zero-order valence-electron chi connectivity index (χ0n) is 12.7. The van der Waals surface area contributed by atoms with Gasteiger partial charge in [0.15, 0.2) is 0 Å². The molecule has 0 saturated carbocycles. The van der Waals surface area contributed by atoms with Crippen molar-refractivity contribution in [1.82, 2.24) is 0 Å². The van der Waals surface area contributed by atoms with E-state index in [-0.39, 0.29) is 6.10 Å². The lowest BCUT2D eigenvalue weighted by Gasteiger charge is -2.21. The van der Waals surface area contributed by atoms with Gasteiger partial charge in [-0.2, -0.15) is 0 Å². The summed E-state index contributed by atoms with van der Waals surface area (Å²) in [6.07, 6.45) is -0.593. The Balaban J connectivity index is 2.10. The van der Waals surface area contributed by atoms with Gasteiger partial charge in [0.1, 0.15) is 18.8 Å². The van der Waals surface area contributed by atoms with Crippen molar-refractivity contribution in [1.29, 1.82) is 0 Å². The number of benzene rings is 2. The van der Waals surface area contributed by atoms with E-state index in [0.717, 1.165) is 11.1 Å². The van der Waals surface area contributed by atoms with Gasteiger partial charge in [0.05, 0.1) is 20.7 Å². The lowest BCUT2D eigenvalue weighted by molar-refractivity contribution is -0.861. The van der Waals surface area contributed by atoms with Crippen molar-refractivity contribution in [2.24, 2.45) is 0 Å². The van der Waals surface area contributed by atoms with Crippen LogP contribution < -0.4 is 4.90 Å². The molecule has 0 amide bonds. The number of aliphatic hydroxyl groups excluding tert-OH is 1. The molecule has 0 fully saturated rings. The van der Waals surface area contributed by atoms with Crippen LogP contribution in [-0.2, 0) is 4.74 Å². The molecule has 3 heteroatoms. The van der Waals surface area contributed by atoms with Gasteiger partial charge in [-0.15, -0.1) is 0 Å². The number of nitrogens with one attached hydrogen (secondary N) is 1. The quantitative estimate of drug-likeness (QED) is 0.804. The molecular weight excluding hydrogens is 262 g/mol. The zero-order valence-corrected chi connectivity index (χ0v) is 12.7. The summed E-state index contributed by atoms with van der Waals surface area (Å²) in [4.78, 5) is 1.21. The Kier molecular flexibility index (Phi) is 5.93. The van der Waals surface area contributed by atoms with Crippen LogP contribution in [0.4, 0.5) is 0 Å². The predicted octanol–water partition coefficient (Wildman–Crippen LogP) is 1.30. The van der Waals surface area contributed by atoms with Gasteiger partial charge in [0.2, 0.25) is 0 Å². The first-order valence-electron chi connectivity index (χ1n) is 7.35. The van der Waals surface area contributed by atoms with E-state index < -0.39 is 6.10 Å². The smallest absolute Gasteiger partial charge is 0.126 e. The number of hydrogen-bond donors (Lipinski definition) is 2. The summed E-state index contributed by atoms with van der Waals surface area (Å²) in [5.74, 6) is 0. The monoisotopic (exact) mass is 286 g/mol. The van der Waals surface area contributed by atoms with Gasteiger partial charge >= 0.3 is 0 Å². The minimum Gasteiger partial charge on any atom is -0.385 e. The van der Waals surface area contributed by atoms with Gasteiger partial charge in [-0.1, -0.05) is 60.7 Å². The number of likely N-dealkylation sites (N-methyl/N-ethyl adjacent to an activating group) is 1. The molecule has 0 aliphatic carbocycles. The highest BCUT2D eigenvalue weighted by atomic mass is 16.5. The molecule has 1 atom stereocenters. The van der Waals surface area contributed by atoms with Gasteiger partial charge in [-0.25, -0.2) is 0 Å². The first kappa shape index (κ1) is 15.7. The Hall–Kier alpha value is -1.68. The van der Waals surface area contributed by atoms with E-state index in [1.165, 1.54) is 4.90 Å². The normalized spacial score (nSPS) is 12.8. The van der Waals surface area contributed by atoms with E-state index in [9.17, 15) is 5.11 Å².